The Labute approximate surface area is 492 Å². The number of Topliss-reactive ketones (excluding diaryl/α,β-unsaturated/α-hetero) is 3. The molecule has 0 fully saturated rings. The Hall–Kier alpha value is -8.45. The predicted octanol–water partition coefficient (Wildman–Crippen LogP) is 15.6. The zero-order chi connectivity index (χ0) is 64.9. The number of phenols is 2. The molecule has 460 valence electrons. The number of benzene rings is 7. The number of phenolic OH excluding ortho intramolecular Hbond substituents is 2. The van der Waals surface area contributed by atoms with Crippen LogP contribution in [0, 0.1) is 12.3 Å². The average Bonchev–Trinajstić information content (AvgIpc) is 3.53. The Kier molecular flexibility index (Phi) is 30.7. The van der Waals surface area contributed by atoms with Gasteiger partial charge in [-0.25, -0.2) is 0 Å². The van der Waals surface area contributed by atoms with Gasteiger partial charge in [0.15, 0.2) is 0 Å². The van der Waals surface area contributed by atoms with Gasteiger partial charge in [-0.2, -0.15) is 39.5 Å². The maximum atomic E-state index is 12.1. The normalized spacial score (nSPS) is 11.0. The van der Waals surface area contributed by atoms with E-state index in [1.807, 2.05) is 64.1 Å². The molecule has 85 heavy (non-hydrogen) atoms. The number of carbonyl (C=O) groups is 4. The number of rotatable bonds is 9. The lowest BCUT2D eigenvalue weighted by Gasteiger charge is -2.18. The van der Waals surface area contributed by atoms with Crippen molar-refractivity contribution in [2.75, 3.05) is 11.5 Å². The Bertz CT molecular complexity index is 2990. The third-order valence-corrected chi connectivity index (χ3v) is 11.5. The minimum absolute atomic E-state index is 0.00979. The SMILES string of the molecule is CC(=O)Cc1ccc(C(C)(C)C)cc1.CC(=O)Cc1ccc(C(F)(F)F)cc1.CC(=O)NCc1ccc(C)cc1.CC(C)(C)C(=O)Cc1ccc(O)cc1.NCc1ccc(C(F)(F)F)cc1.Nc1ccc(C(F)(F)F)cc1.Nc1ccc(O)cc1. The molecular formula is C66H77F9N4O6. The molecule has 0 spiro atoms. The summed E-state index contributed by atoms with van der Waals surface area (Å²) in [6.07, 6.45) is -11.7. The Morgan fingerprint density at radius 2 is 0.694 bits per heavy atom. The van der Waals surface area contributed by atoms with Gasteiger partial charge in [-0.15, -0.1) is 0 Å². The maximum absolute atomic E-state index is 12.1. The first-order valence-electron chi connectivity index (χ1n) is 26.4. The van der Waals surface area contributed by atoms with Crippen molar-refractivity contribution >= 4 is 34.6 Å². The Balaban J connectivity index is 0.000000498. The van der Waals surface area contributed by atoms with Crippen LogP contribution in [-0.2, 0) is 75.5 Å². The lowest BCUT2D eigenvalue weighted by molar-refractivity contribution is -0.138. The summed E-state index contributed by atoms with van der Waals surface area (Å²) in [5.74, 6) is 0.855. The third-order valence-electron chi connectivity index (χ3n) is 11.5. The van der Waals surface area contributed by atoms with Gasteiger partial charge in [-0.3, -0.25) is 19.2 Å². The van der Waals surface area contributed by atoms with Crippen LogP contribution in [-0.4, -0.2) is 33.5 Å². The molecular weight excluding hydrogens is 1120 g/mol. The molecule has 0 unspecified atom stereocenters. The van der Waals surface area contributed by atoms with E-state index in [1.165, 1.54) is 61.4 Å². The summed E-state index contributed by atoms with van der Waals surface area (Å²) in [5.41, 5.74) is 21.7. The number of nitrogen functional groups attached to an aromatic ring is 2. The number of aromatic hydroxyl groups is 2. The molecule has 0 aliphatic rings. The Morgan fingerprint density at radius 3 is 0.988 bits per heavy atom. The van der Waals surface area contributed by atoms with E-state index in [4.69, 9.17) is 27.4 Å². The Morgan fingerprint density at radius 1 is 0.412 bits per heavy atom. The van der Waals surface area contributed by atoms with E-state index >= 15 is 0 Å². The summed E-state index contributed by atoms with van der Waals surface area (Å²) in [5, 5.41) is 20.5. The van der Waals surface area contributed by atoms with Gasteiger partial charge >= 0.3 is 18.5 Å². The van der Waals surface area contributed by atoms with E-state index in [-0.39, 0.29) is 58.6 Å². The molecule has 0 aliphatic carbocycles. The van der Waals surface area contributed by atoms with Crippen molar-refractivity contribution in [3.63, 3.8) is 0 Å². The highest BCUT2D eigenvalue weighted by atomic mass is 19.4. The van der Waals surface area contributed by atoms with E-state index < -0.39 is 35.2 Å². The molecule has 0 radical (unpaired) electrons. The van der Waals surface area contributed by atoms with Crippen molar-refractivity contribution in [2.45, 2.75) is 126 Å². The predicted molar refractivity (Wildman–Crippen MR) is 318 cm³/mol. The fourth-order valence-corrected chi connectivity index (χ4v) is 6.48. The van der Waals surface area contributed by atoms with Crippen molar-refractivity contribution in [2.24, 2.45) is 11.1 Å². The summed E-state index contributed by atoms with van der Waals surface area (Å²) in [6.45, 7) is 19.8. The zero-order valence-corrected chi connectivity index (χ0v) is 49.4. The van der Waals surface area contributed by atoms with Crippen LogP contribution < -0.4 is 22.5 Å². The number of amides is 1. The number of anilines is 2. The standard InChI is InChI=1S/C13H18O.C12H16O2.C10H9F3O.C10H13NO.C8H8F3N.C7H6F3N.C6H7NO/c1-10(14)9-11-5-7-12(8-6-11)13(2,3)4;1-12(2,3)11(14)8-9-4-6-10(13)7-5-9;1-7(14)6-8-2-4-9(5-3-8)10(11,12)13;1-8-3-5-10(6-4-8)7-11-9(2)12;9-8(10,11)7-3-1-6(5-12)2-4-7;8-7(9,10)5-1-3-6(11)4-2-5;7-5-1-3-6(8)4-2-5/h5-8H,9H2,1-4H3;4-7,13H,8H2,1-3H3;2-5H,6H2,1H3;3-6H,7H2,1-2H3,(H,11,12);1-4H,5,12H2;1-4H,11H2;1-4,8H,7H2. The van der Waals surface area contributed by atoms with Crippen molar-refractivity contribution in [1.29, 1.82) is 0 Å². The van der Waals surface area contributed by atoms with Gasteiger partial charge in [0.05, 0.1) is 16.7 Å². The number of nitrogens with one attached hydrogen (secondary N) is 1. The van der Waals surface area contributed by atoms with Gasteiger partial charge in [0.1, 0.15) is 28.8 Å². The number of alkyl halides is 9. The molecule has 7 rings (SSSR count). The fraction of sp³-hybridized carbons (Fsp3) is 0.303. The maximum Gasteiger partial charge on any atom is 0.416 e. The molecule has 10 nitrogen and oxygen atoms in total. The first-order chi connectivity index (χ1) is 39.2. The number of nitrogens with two attached hydrogens (primary N) is 3. The molecule has 19 heteroatoms. The molecule has 0 saturated heterocycles. The molecule has 0 bridgehead atoms. The zero-order valence-electron chi connectivity index (χ0n) is 49.4. The molecule has 0 aliphatic heterocycles. The lowest BCUT2D eigenvalue weighted by Crippen LogP contribution is -2.21. The van der Waals surface area contributed by atoms with E-state index in [9.17, 15) is 58.7 Å². The highest BCUT2D eigenvalue weighted by molar-refractivity contribution is 5.85. The molecule has 7 aromatic rings. The molecule has 9 N–H and O–H groups in total. The average molecular weight is 1190 g/mol. The number of hydrogen-bond acceptors (Lipinski definition) is 9. The van der Waals surface area contributed by atoms with Crippen molar-refractivity contribution in [3.05, 3.63) is 225 Å². The second-order valence-corrected chi connectivity index (χ2v) is 21.4. The van der Waals surface area contributed by atoms with Gasteiger partial charge in [0.25, 0.3) is 0 Å². The molecule has 0 aromatic heterocycles. The summed E-state index contributed by atoms with van der Waals surface area (Å²) >= 11 is 0. The summed E-state index contributed by atoms with van der Waals surface area (Å²) < 4.78 is 108. The van der Waals surface area contributed by atoms with Crippen LogP contribution in [0.3, 0.4) is 0 Å². The van der Waals surface area contributed by atoms with Gasteiger partial charge < -0.3 is 32.7 Å². The molecule has 0 atom stereocenters. The summed E-state index contributed by atoms with van der Waals surface area (Å²) in [7, 11) is 0. The van der Waals surface area contributed by atoms with Crippen LogP contribution in [0.15, 0.2) is 170 Å². The fourth-order valence-electron chi connectivity index (χ4n) is 6.48. The highest BCUT2D eigenvalue weighted by Gasteiger charge is 2.31. The van der Waals surface area contributed by atoms with Crippen LogP contribution in [0.25, 0.3) is 0 Å². The smallest absolute Gasteiger partial charge is 0.416 e. The van der Waals surface area contributed by atoms with Crippen molar-refractivity contribution < 1.29 is 68.9 Å². The van der Waals surface area contributed by atoms with Gasteiger partial charge in [0, 0.05) is 56.1 Å². The number of aryl methyl sites for hydroxylation is 1. The number of ketones is 3. The molecule has 7 aromatic carbocycles. The van der Waals surface area contributed by atoms with Crippen LogP contribution in [0.1, 0.15) is 118 Å². The van der Waals surface area contributed by atoms with Crippen molar-refractivity contribution in [1.82, 2.24) is 5.32 Å². The third kappa shape index (κ3) is 33.4. The van der Waals surface area contributed by atoms with E-state index in [0.717, 1.165) is 53.1 Å². The highest BCUT2D eigenvalue weighted by Crippen LogP contribution is 2.31. The number of hydrogen-bond donors (Lipinski definition) is 6. The van der Waals surface area contributed by atoms with Gasteiger partial charge in [-0.1, -0.05) is 132 Å². The van der Waals surface area contributed by atoms with Crippen LogP contribution in [0.4, 0.5) is 50.9 Å². The van der Waals surface area contributed by atoms with E-state index in [1.54, 1.807) is 55.5 Å². The van der Waals surface area contributed by atoms with Crippen molar-refractivity contribution in [3.8, 4) is 11.5 Å². The van der Waals surface area contributed by atoms with Crippen LogP contribution in [0.2, 0.25) is 0 Å². The minimum atomic E-state index is -4.31. The van der Waals surface area contributed by atoms with Crippen LogP contribution in [0.5, 0.6) is 11.5 Å². The molecule has 0 saturated carbocycles. The monoisotopic (exact) mass is 1190 g/mol. The van der Waals surface area contributed by atoms with Crippen LogP contribution >= 0.6 is 0 Å². The van der Waals surface area contributed by atoms with E-state index in [0.29, 0.717) is 41.9 Å². The second kappa shape index (κ2) is 35.0. The number of carbonyl (C=O) groups excluding carboxylic acids is 4. The first-order valence-corrected chi connectivity index (χ1v) is 26.4. The number of halogens is 9. The summed E-state index contributed by atoms with van der Waals surface area (Å²) in [6, 6.07) is 43.4. The first kappa shape index (κ1) is 74.6. The minimum Gasteiger partial charge on any atom is -0.508 e. The summed E-state index contributed by atoms with van der Waals surface area (Å²) in [4.78, 5) is 43.8. The van der Waals surface area contributed by atoms with E-state index in [2.05, 4.69) is 38.2 Å². The lowest BCUT2D eigenvalue weighted by atomic mass is 9.86. The topological polar surface area (TPSA) is 199 Å². The van der Waals surface area contributed by atoms with Gasteiger partial charge in [0.2, 0.25) is 5.91 Å². The second-order valence-electron chi connectivity index (χ2n) is 21.4. The molecule has 0 heterocycles. The quantitative estimate of drug-likeness (QED) is 0.0462. The largest absolute Gasteiger partial charge is 0.508 e. The molecule has 1 amide bonds. The van der Waals surface area contributed by atoms with Gasteiger partial charge in [-0.05, 0) is 144 Å².